The van der Waals surface area contributed by atoms with Gasteiger partial charge in [0.15, 0.2) is 0 Å². The predicted molar refractivity (Wildman–Crippen MR) is 89.9 cm³/mol. The zero-order valence-corrected chi connectivity index (χ0v) is 12.7. The van der Waals surface area contributed by atoms with Crippen molar-refractivity contribution in [1.29, 1.82) is 0 Å². The first-order chi connectivity index (χ1) is 11.1. The quantitative estimate of drug-likeness (QED) is 0.604. The van der Waals surface area contributed by atoms with Gasteiger partial charge in [0.25, 0.3) is 0 Å². The van der Waals surface area contributed by atoms with Crippen molar-refractivity contribution in [2.75, 3.05) is 0 Å². The first-order valence-electron chi connectivity index (χ1n) is 7.61. The van der Waals surface area contributed by atoms with Gasteiger partial charge in [0.1, 0.15) is 12.2 Å². The van der Waals surface area contributed by atoms with E-state index in [1.54, 1.807) is 18.2 Å². The Kier molecular flexibility index (Phi) is 3.20. The van der Waals surface area contributed by atoms with Gasteiger partial charge in [0.2, 0.25) is 0 Å². The molecular weight excluding hydrogens is 290 g/mol. The van der Waals surface area contributed by atoms with E-state index in [1.165, 1.54) is 0 Å². The minimum Gasteiger partial charge on any atom is -0.392 e. The van der Waals surface area contributed by atoms with Crippen LogP contribution in [0.15, 0.2) is 36.4 Å². The third-order valence-corrected chi connectivity index (χ3v) is 4.55. The molecule has 0 bridgehead atoms. The smallest absolute Gasteiger partial charge is 0.109 e. The van der Waals surface area contributed by atoms with E-state index in [1.807, 2.05) is 31.2 Å². The standard InChI is InChI=1S/C19H17NO3/c1-10-2-6-16-14(8-10)15(9-21)12-3-4-13-11(18(12)20-16)5-7-17(22)19(13)23/h2-8,17,19,21-23H,9H2,1H3. The van der Waals surface area contributed by atoms with Gasteiger partial charge < -0.3 is 15.3 Å². The summed E-state index contributed by atoms with van der Waals surface area (Å²) in [6.45, 7) is 1.94. The Morgan fingerprint density at radius 2 is 1.91 bits per heavy atom. The predicted octanol–water partition coefficient (Wildman–Crippen LogP) is 2.61. The maximum Gasteiger partial charge on any atom is 0.109 e. The number of aryl methyl sites for hydroxylation is 1. The zero-order chi connectivity index (χ0) is 16.1. The molecule has 3 aromatic rings. The van der Waals surface area contributed by atoms with Crippen molar-refractivity contribution in [3.8, 4) is 0 Å². The maximum absolute atomic E-state index is 10.2. The summed E-state index contributed by atoms with van der Waals surface area (Å²) >= 11 is 0. The van der Waals surface area contributed by atoms with Crippen LogP contribution in [0.5, 0.6) is 0 Å². The Hall–Kier alpha value is -2.27. The summed E-state index contributed by atoms with van der Waals surface area (Å²) in [6.07, 6.45) is 1.52. The summed E-state index contributed by atoms with van der Waals surface area (Å²) in [5.74, 6) is 0. The second kappa shape index (κ2) is 5.13. The molecule has 2 aromatic carbocycles. The van der Waals surface area contributed by atoms with E-state index in [-0.39, 0.29) is 6.61 Å². The Balaban J connectivity index is 2.14. The van der Waals surface area contributed by atoms with Gasteiger partial charge in [0.05, 0.1) is 17.6 Å². The molecule has 1 aliphatic rings. The van der Waals surface area contributed by atoms with Gasteiger partial charge in [0, 0.05) is 16.3 Å². The summed E-state index contributed by atoms with van der Waals surface area (Å²) < 4.78 is 0. The molecule has 3 N–H and O–H groups in total. The number of hydrogen-bond donors (Lipinski definition) is 3. The van der Waals surface area contributed by atoms with Crippen molar-refractivity contribution in [3.05, 3.63) is 58.7 Å². The third kappa shape index (κ3) is 2.07. The largest absolute Gasteiger partial charge is 0.392 e. The van der Waals surface area contributed by atoms with Crippen molar-refractivity contribution >= 4 is 27.9 Å². The molecule has 1 aromatic heterocycles. The van der Waals surface area contributed by atoms with Gasteiger partial charge >= 0.3 is 0 Å². The first kappa shape index (κ1) is 14.3. The monoisotopic (exact) mass is 307 g/mol. The Labute approximate surface area is 133 Å². The van der Waals surface area contributed by atoms with Crippen LogP contribution in [0.2, 0.25) is 0 Å². The Morgan fingerprint density at radius 1 is 1.09 bits per heavy atom. The van der Waals surface area contributed by atoms with Crippen LogP contribution < -0.4 is 0 Å². The average Bonchev–Trinajstić information content (AvgIpc) is 2.56. The summed E-state index contributed by atoms with van der Waals surface area (Å²) in [4.78, 5) is 4.75. The summed E-state index contributed by atoms with van der Waals surface area (Å²) in [5.41, 5.74) is 4.97. The van der Waals surface area contributed by atoms with Gasteiger partial charge in [-0.05, 0) is 30.2 Å². The molecule has 0 spiro atoms. The van der Waals surface area contributed by atoms with Crippen LogP contribution in [0.3, 0.4) is 0 Å². The van der Waals surface area contributed by atoms with E-state index in [4.69, 9.17) is 4.98 Å². The van der Waals surface area contributed by atoms with Crippen LogP contribution in [0, 0.1) is 6.92 Å². The molecule has 23 heavy (non-hydrogen) atoms. The molecule has 0 aliphatic heterocycles. The van der Waals surface area contributed by atoms with Gasteiger partial charge in [-0.3, -0.25) is 0 Å². The van der Waals surface area contributed by atoms with Crippen molar-refractivity contribution in [2.45, 2.75) is 25.7 Å². The van der Waals surface area contributed by atoms with Gasteiger partial charge in [-0.25, -0.2) is 4.98 Å². The third-order valence-electron chi connectivity index (χ3n) is 4.55. The average molecular weight is 307 g/mol. The molecule has 0 saturated carbocycles. The second-order valence-electron chi connectivity index (χ2n) is 6.03. The topological polar surface area (TPSA) is 73.6 Å². The fraction of sp³-hybridized carbons (Fsp3) is 0.211. The highest BCUT2D eigenvalue weighted by molar-refractivity contribution is 6.01. The van der Waals surface area contributed by atoms with E-state index in [0.29, 0.717) is 5.56 Å². The van der Waals surface area contributed by atoms with Crippen LogP contribution in [-0.4, -0.2) is 26.4 Å². The molecule has 2 unspecified atom stereocenters. The molecular formula is C19H17NO3. The SMILES string of the molecule is Cc1ccc2nc3c4c(ccc3c(CO)c2c1)C(O)C(O)C=C4. The fourth-order valence-electron chi connectivity index (χ4n) is 3.33. The number of aliphatic hydroxyl groups is 3. The summed E-state index contributed by atoms with van der Waals surface area (Å²) in [6, 6.07) is 9.63. The lowest BCUT2D eigenvalue weighted by atomic mass is 9.89. The van der Waals surface area contributed by atoms with Crippen LogP contribution in [0.1, 0.15) is 28.4 Å². The summed E-state index contributed by atoms with van der Waals surface area (Å²) in [7, 11) is 0. The highest BCUT2D eigenvalue weighted by Crippen LogP contribution is 2.36. The van der Waals surface area contributed by atoms with E-state index >= 15 is 0 Å². The molecule has 4 rings (SSSR count). The van der Waals surface area contributed by atoms with Gasteiger partial charge in [-0.1, -0.05) is 35.9 Å². The van der Waals surface area contributed by atoms with Crippen LogP contribution in [0.4, 0.5) is 0 Å². The van der Waals surface area contributed by atoms with Crippen LogP contribution in [0.25, 0.3) is 27.9 Å². The lowest BCUT2D eigenvalue weighted by Gasteiger charge is -2.23. The number of nitrogens with zero attached hydrogens (tertiary/aromatic N) is 1. The highest BCUT2D eigenvalue weighted by atomic mass is 16.3. The molecule has 116 valence electrons. The van der Waals surface area contributed by atoms with Crippen LogP contribution >= 0.6 is 0 Å². The molecule has 0 amide bonds. The highest BCUT2D eigenvalue weighted by Gasteiger charge is 2.24. The number of fused-ring (bicyclic) bond motifs is 4. The minimum atomic E-state index is -0.951. The van der Waals surface area contributed by atoms with E-state index in [2.05, 4.69) is 0 Å². The first-order valence-corrected chi connectivity index (χ1v) is 7.61. The molecule has 4 nitrogen and oxygen atoms in total. The molecule has 2 atom stereocenters. The van der Waals surface area contributed by atoms with Gasteiger partial charge in [-0.2, -0.15) is 0 Å². The fourth-order valence-corrected chi connectivity index (χ4v) is 3.33. The number of benzene rings is 2. The lowest BCUT2D eigenvalue weighted by molar-refractivity contribution is 0.0471. The zero-order valence-electron chi connectivity index (χ0n) is 12.7. The van der Waals surface area contributed by atoms with E-state index < -0.39 is 12.2 Å². The minimum absolute atomic E-state index is 0.0767. The second-order valence-corrected chi connectivity index (χ2v) is 6.03. The molecule has 1 heterocycles. The molecule has 0 fully saturated rings. The lowest BCUT2D eigenvalue weighted by Crippen LogP contribution is -2.19. The van der Waals surface area contributed by atoms with Crippen LogP contribution in [-0.2, 0) is 6.61 Å². The van der Waals surface area contributed by atoms with E-state index in [9.17, 15) is 15.3 Å². The Morgan fingerprint density at radius 3 is 2.70 bits per heavy atom. The van der Waals surface area contributed by atoms with Crippen molar-refractivity contribution in [1.82, 2.24) is 4.98 Å². The molecule has 0 radical (unpaired) electrons. The number of pyridine rings is 1. The summed E-state index contributed by atoms with van der Waals surface area (Å²) in [5, 5.41) is 31.7. The van der Waals surface area contributed by atoms with Gasteiger partial charge in [-0.15, -0.1) is 0 Å². The van der Waals surface area contributed by atoms with Crippen molar-refractivity contribution in [3.63, 3.8) is 0 Å². The molecule has 0 saturated heterocycles. The molecule has 4 heteroatoms. The Bertz CT molecular complexity index is 962. The molecule has 1 aliphatic carbocycles. The number of hydrogen-bond acceptors (Lipinski definition) is 4. The number of aliphatic hydroxyl groups excluding tert-OH is 3. The number of aromatic nitrogens is 1. The number of rotatable bonds is 1. The van der Waals surface area contributed by atoms with E-state index in [0.717, 1.165) is 38.5 Å². The van der Waals surface area contributed by atoms with Crippen molar-refractivity contribution in [2.24, 2.45) is 0 Å². The van der Waals surface area contributed by atoms with Crippen molar-refractivity contribution < 1.29 is 15.3 Å². The normalized spacial score (nSPS) is 20.2. The maximum atomic E-state index is 10.2.